The molecule has 0 aromatic heterocycles. The van der Waals surface area contributed by atoms with Gasteiger partial charge in [-0.1, -0.05) is 32.0 Å². The molecule has 1 aromatic carbocycles. The fourth-order valence-corrected chi connectivity index (χ4v) is 3.81. The van der Waals surface area contributed by atoms with Gasteiger partial charge in [-0.3, -0.25) is 14.4 Å². The third kappa shape index (κ3) is 4.87. The van der Waals surface area contributed by atoms with E-state index in [2.05, 4.69) is 5.32 Å². The van der Waals surface area contributed by atoms with Crippen LogP contribution in [0.1, 0.15) is 39.5 Å². The average molecular weight is 371 g/mol. The Kier molecular flexibility index (Phi) is 6.14. The zero-order valence-electron chi connectivity index (χ0n) is 16.2. The van der Waals surface area contributed by atoms with E-state index in [0.717, 1.165) is 18.5 Å². The number of amides is 3. The van der Waals surface area contributed by atoms with E-state index < -0.39 is 0 Å². The summed E-state index contributed by atoms with van der Waals surface area (Å²) in [6.07, 6.45) is 2.39. The van der Waals surface area contributed by atoms with Gasteiger partial charge in [-0.05, 0) is 30.9 Å². The molecule has 2 fully saturated rings. The van der Waals surface area contributed by atoms with Crippen LogP contribution in [0.2, 0.25) is 0 Å². The van der Waals surface area contributed by atoms with Crippen LogP contribution in [0.25, 0.3) is 0 Å². The van der Waals surface area contributed by atoms with Gasteiger partial charge in [-0.2, -0.15) is 0 Å². The average Bonchev–Trinajstić information content (AvgIpc) is 3.04. The van der Waals surface area contributed by atoms with Gasteiger partial charge in [-0.25, -0.2) is 0 Å². The Balaban J connectivity index is 1.48. The maximum atomic E-state index is 12.6. The van der Waals surface area contributed by atoms with E-state index in [0.29, 0.717) is 32.0 Å². The zero-order valence-corrected chi connectivity index (χ0v) is 16.2. The lowest BCUT2D eigenvalue weighted by molar-refractivity contribution is -0.133. The van der Waals surface area contributed by atoms with Gasteiger partial charge >= 0.3 is 0 Å². The van der Waals surface area contributed by atoms with Gasteiger partial charge in [0.25, 0.3) is 0 Å². The predicted molar refractivity (Wildman–Crippen MR) is 104 cm³/mol. The summed E-state index contributed by atoms with van der Waals surface area (Å²) in [6.45, 7) is 5.91. The molecule has 3 amide bonds. The monoisotopic (exact) mass is 371 g/mol. The molecule has 27 heavy (non-hydrogen) atoms. The van der Waals surface area contributed by atoms with Gasteiger partial charge in [0.2, 0.25) is 17.7 Å². The van der Waals surface area contributed by atoms with E-state index >= 15 is 0 Å². The van der Waals surface area contributed by atoms with Crippen LogP contribution in [0, 0.1) is 11.8 Å². The molecule has 0 saturated carbocycles. The van der Waals surface area contributed by atoms with Gasteiger partial charge < -0.3 is 15.1 Å². The topological polar surface area (TPSA) is 69.7 Å². The zero-order chi connectivity index (χ0) is 19.4. The van der Waals surface area contributed by atoms with Gasteiger partial charge in [0.1, 0.15) is 0 Å². The number of hydrogen-bond donors (Lipinski definition) is 1. The normalized spacial score (nSPS) is 21.0. The van der Waals surface area contributed by atoms with Crippen LogP contribution < -0.4 is 10.2 Å². The van der Waals surface area contributed by atoms with Gasteiger partial charge in [0.05, 0.1) is 5.92 Å². The van der Waals surface area contributed by atoms with Crippen molar-refractivity contribution in [1.29, 1.82) is 0 Å². The number of carbonyl (C=O) groups excluding carboxylic acids is 3. The molecule has 146 valence electrons. The van der Waals surface area contributed by atoms with Crippen molar-refractivity contribution >= 4 is 23.4 Å². The number of nitrogens with zero attached hydrogens (tertiary/aromatic N) is 2. The standard InChI is InChI=1S/C21H29N3O3/c1-15(2)12-19(25)23-10-8-17(9-11-23)22-21(27)16-13-20(26)24(14-16)18-6-4-3-5-7-18/h3-7,15-17H,8-14H2,1-2H3,(H,22,27). The second-order valence-corrected chi connectivity index (χ2v) is 8.00. The molecule has 0 aliphatic carbocycles. The molecule has 2 aliphatic rings. The van der Waals surface area contributed by atoms with Crippen molar-refractivity contribution in [3.05, 3.63) is 30.3 Å². The molecule has 3 rings (SSSR count). The Labute approximate surface area is 160 Å². The maximum absolute atomic E-state index is 12.6. The molecule has 6 nitrogen and oxygen atoms in total. The van der Waals surface area contributed by atoms with Crippen molar-refractivity contribution in [3.63, 3.8) is 0 Å². The van der Waals surface area contributed by atoms with E-state index in [1.807, 2.05) is 49.1 Å². The van der Waals surface area contributed by atoms with E-state index in [1.54, 1.807) is 4.90 Å². The molecule has 2 heterocycles. The highest BCUT2D eigenvalue weighted by atomic mass is 16.2. The summed E-state index contributed by atoms with van der Waals surface area (Å²) in [5.74, 6) is 0.208. The maximum Gasteiger partial charge on any atom is 0.227 e. The van der Waals surface area contributed by atoms with Crippen molar-refractivity contribution in [2.75, 3.05) is 24.5 Å². The summed E-state index contributed by atoms with van der Waals surface area (Å²) in [4.78, 5) is 40.7. The van der Waals surface area contributed by atoms with Crippen LogP contribution in [0.5, 0.6) is 0 Å². The van der Waals surface area contributed by atoms with E-state index in [1.165, 1.54) is 0 Å². The highest BCUT2D eigenvalue weighted by molar-refractivity contribution is 6.00. The highest BCUT2D eigenvalue weighted by Gasteiger charge is 2.36. The number of piperidine rings is 1. The minimum Gasteiger partial charge on any atom is -0.353 e. The Bertz CT molecular complexity index is 681. The number of likely N-dealkylation sites (tertiary alicyclic amines) is 1. The molecule has 1 atom stereocenters. The number of benzene rings is 1. The summed E-state index contributed by atoms with van der Waals surface area (Å²) in [5.41, 5.74) is 0.842. The summed E-state index contributed by atoms with van der Waals surface area (Å²) in [6, 6.07) is 9.56. The smallest absolute Gasteiger partial charge is 0.227 e. The molecular formula is C21H29N3O3. The van der Waals surface area contributed by atoms with Crippen molar-refractivity contribution < 1.29 is 14.4 Å². The number of anilines is 1. The first-order valence-electron chi connectivity index (χ1n) is 9.87. The molecule has 1 unspecified atom stereocenters. The third-order valence-electron chi connectivity index (χ3n) is 5.34. The first kappa shape index (κ1) is 19.4. The van der Waals surface area contributed by atoms with Gasteiger partial charge in [0.15, 0.2) is 0 Å². The number of rotatable bonds is 5. The number of carbonyl (C=O) groups is 3. The lowest BCUT2D eigenvalue weighted by atomic mass is 10.0. The highest BCUT2D eigenvalue weighted by Crippen LogP contribution is 2.25. The van der Waals surface area contributed by atoms with Crippen LogP contribution in [0.4, 0.5) is 5.69 Å². The Morgan fingerprint density at radius 3 is 2.44 bits per heavy atom. The van der Waals surface area contributed by atoms with Crippen LogP contribution in [-0.2, 0) is 14.4 Å². The van der Waals surface area contributed by atoms with E-state index in [4.69, 9.17) is 0 Å². The van der Waals surface area contributed by atoms with Crippen molar-refractivity contribution in [2.45, 2.75) is 45.6 Å². The SMILES string of the molecule is CC(C)CC(=O)N1CCC(NC(=O)C2CC(=O)N(c3ccccc3)C2)CC1. The largest absolute Gasteiger partial charge is 0.353 e. The van der Waals surface area contributed by atoms with Crippen molar-refractivity contribution in [2.24, 2.45) is 11.8 Å². The van der Waals surface area contributed by atoms with Crippen LogP contribution in [-0.4, -0.2) is 48.3 Å². The molecule has 2 aliphatic heterocycles. The quantitative estimate of drug-likeness (QED) is 0.863. The number of hydrogen-bond acceptors (Lipinski definition) is 3. The fraction of sp³-hybridized carbons (Fsp3) is 0.571. The van der Waals surface area contributed by atoms with E-state index in [9.17, 15) is 14.4 Å². The molecule has 0 radical (unpaired) electrons. The van der Waals surface area contributed by atoms with Gasteiger partial charge in [0, 0.05) is 44.2 Å². The minimum atomic E-state index is -0.307. The fourth-order valence-electron chi connectivity index (χ4n) is 3.81. The van der Waals surface area contributed by atoms with E-state index in [-0.39, 0.29) is 36.1 Å². The van der Waals surface area contributed by atoms with Crippen LogP contribution >= 0.6 is 0 Å². The lowest BCUT2D eigenvalue weighted by Crippen LogP contribution is -2.48. The molecule has 1 N–H and O–H groups in total. The second kappa shape index (κ2) is 8.55. The Morgan fingerprint density at radius 1 is 1.15 bits per heavy atom. The molecule has 6 heteroatoms. The van der Waals surface area contributed by atoms with Gasteiger partial charge in [-0.15, -0.1) is 0 Å². The first-order valence-corrected chi connectivity index (χ1v) is 9.87. The summed E-state index contributed by atoms with van der Waals surface area (Å²) in [5, 5.41) is 3.10. The first-order chi connectivity index (χ1) is 12.9. The molecular weight excluding hydrogens is 342 g/mol. The lowest BCUT2D eigenvalue weighted by Gasteiger charge is -2.33. The number of nitrogens with one attached hydrogen (secondary N) is 1. The summed E-state index contributed by atoms with van der Waals surface area (Å²) in [7, 11) is 0. The van der Waals surface area contributed by atoms with Crippen molar-refractivity contribution in [3.8, 4) is 0 Å². The summed E-state index contributed by atoms with van der Waals surface area (Å²) < 4.78 is 0. The molecule has 0 spiro atoms. The predicted octanol–water partition coefficient (Wildman–Crippen LogP) is 2.19. The van der Waals surface area contributed by atoms with Crippen LogP contribution in [0.15, 0.2) is 30.3 Å². The minimum absolute atomic E-state index is 0.00421. The third-order valence-corrected chi connectivity index (χ3v) is 5.34. The summed E-state index contributed by atoms with van der Waals surface area (Å²) >= 11 is 0. The molecule has 0 bridgehead atoms. The Hall–Kier alpha value is -2.37. The molecule has 1 aromatic rings. The van der Waals surface area contributed by atoms with Crippen LogP contribution in [0.3, 0.4) is 0 Å². The Morgan fingerprint density at radius 2 is 1.81 bits per heavy atom. The number of para-hydroxylation sites is 1. The van der Waals surface area contributed by atoms with Crippen molar-refractivity contribution in [1.82, 2.24) is 10.2 Å². The second-order valence-electron chi connectivity index (χ2n) is 8.00. The molecule has 2 saturated heterocycles.